The average molecular weight is 359 g/mol. The van der Waals surface area contributed by atoms with E-state index in [1.54, 1.807) is 13.1 Å². The van der Waals surface area contributed by atoms with Crippen molar-refractivity contribution in [3.8, 4) is 0 Å². The van der Waals surface area contributed by atoms with Crippen LogP contribution in [0.1, 0.15) is 24.1 Å². The predicted octanol–water partition coefficient (Wildman–Crippen LogP) is 3.15. The van der Waals surface area contributed by atoms with E-state index >= 15 is 0 Å². The number of hydrogen-bond acceptors (Lipinski definition) is 6. The van der Waals surface area contributed by atoms with Crippen molar-refractivity contribution in [2.45, 2.75) is 43.9 Å². The van der Waals surface area contributed by atoms with Crippen molar-refractivity contribution in [3.63, 3.8) is 0 Å². The molecule has 2 aromatic heterocycles. The minimum atomic E-state index is -4.23. The standard InChI is InChI=1S/C15H20F3N5S/c1-20-14-21-12(23(2)9-4-3-8(19)5-9)11-6-10(7-15(16,17)18)24-13(11)22-14/h6,8-9H,3-5,7,19H2,1-2H3,(H,20,21,22)/t8-,9+/m0/s1. The van der Waals surface area contributed by atoms with Gasteiger partial charge in [-0.15, -0.1) is 11.3 Å². The number of aromatic nitrogens is 2. The number of nitrogens with one attached hydrogen (secondary N) is 1. The number of nitrogens with zero attached hydrogens (tertiary/aromatic N) is 3. The van der Waals surface area contributed by atoms with E-state index in [1.807, 2.05) is 11.9 Å². The summed E-state index contributed by atoms with van der Waals surface area (Å²) in [6, 6.07) is 1.98. The zero-order chi connectivity index (χ0) is 17.5. The molecule has 5 nitrogen and oxygen atoms in total. The summed E-state index contributed by atoms with van der Waals surface area (Å²) >= 11 is 1.07. The Labute approximate surface area is 142 Å². The first kappa shape index (κ1) is 17.2. The normalized spacial score (nSPS) is 21.4. The summed E-state index contributed by atoms with van der Waals surface area (Å²) in [7, 11) is 3.62. The number of nitrogens with two attached hydrogens (primary N) is 1. The maximum Gasteiger partial charge on any atom is 0.393 e. The summed E-state index contributed by atoms with van der Waals surface area (Å²) < 4.78 is 38.1. The Balaban J connectivity index is 2.01. The number of thiophene rings is 1. The van der Waals surface area contributed by atoms with E-state index in [2.05, 4.69) is 15.3 Å². The number of rotatable bonds is 4. The highest BCUT2D eigenvalue weighted by molar-refractivity contribution is 7.18. The van der Waals surface area contributed by atoms with Crippen LogP contribution in [0.4, 0.5) is 24.9 Å². The number of fused-ring (bicyclic) bond motifs is 1. The third-order valence-electron chi connectivity index (χ3n) is 4.35. The highest BCUT2D eigenvalue weighted by Gasteiger charge is 2.31. The molecule has 1 fully saturated rings. The Morgan fingerprint density at radius 2 is 2.12 bits per heavy atom. The molecule has 1 saturated carbocycles. The zero-order valence-electron chi connectivity index (χ0n) is 13.5. The van der Waals surface area contributed by atoms with Crippen LogP contribution in [0.15, 0.2) is 6.07 Å². The van der Waals surface area contributed by atoms with Gasteiger partial charge in [0.25, 0.3) is 0 Å². The molecule has 0 unspecified atom stereocenters. The van der Waals surface area contributed by atoms with E-state index in [-0.39, 0.29) is 17.0 Å². The Bertz CT molecular complexity index is 730. The molecule has 1 aliphatic carbocycles. The molecule has 3 rings (SSSR count). The van der Waals surface area contributed by atoms with Gasteiger partial charge in [-0.2, -0.15) is 18.2 Å². The second-order valence-corrected chi connectivity index (χ2v) is 7.30. The minimum Gasteiger partial charge on any atom is -0.357 e. The molecule has 132 valence electrons. The summed E-state index contributed by atoms with van der Waals surface area (Å²) in [4.78, 5) is 11.6. The first-order valence-electron chi connectivity index (χ1n) is 7.80. The van der Waals surface area contributed by atoms with E-state index in [1.165, 1.54) is 0 Å². The van der Waals surface area contributed by atoms with Gasteiger partial charge in [-0.25, -0.2) is 4.98 Å². The Morgan fingerprint density at radius 3 is 2.71 bits per heavy atom. The topological polar surface area (TPSA) is 67.1 Å². The SMILES string of the molecule is CNc1nc(N(C)[C@@H]2CC[C@H](N)C2)c2cc(CC(F)(F)F)sc2n1. The largest absolute Gasteiger partial charge is 0.393 e. The van der Waals surface area contributed by atoms with E-state index in [0.29, 0.717) is 22.0 Å². The summed E-state index contributed by atoms with van der Waals surface area (Å²) in [5, 5.41) is 3.55. The van der Waals surface area contributed by atoms with Gasteiger partial charge < -0.3 is 16.0 Å². The molecule has 0 spiro atoms. The first-order valence-corrected chi connectivity index (χ1v) is 8.62. The molecule has 9 heteroatoms. The molecule has 0 saturated heterocycles. The van der Waals surface area contributed by atoms with Gasteiger partial charge in [0.05, 0.1) is 11.8 Å². The van der Waals surface area contributed by atoms with Gasteiger partial charge in [0, 0.05) is 31.1 Å². The van der Waals surface area contributed by atoms with Crippen LogP contribution in [-0.4, -0.2) is 42.3 Å². The van der Waals surface area contributed by atoms with Gasteiger partial charge in [0.15, 0.2) is 0 Å². The lowest BCUT2D eigenvalue weighted by atomic mass is 10.2. The number of anilines is 2. The van der Waals surface area contributed by atoms with Crippen LogP contribution in [0.5, 0.6) is 0 Å². The Hall–Kier alpha value is -1.61. The van der Waals surface area contributed by atoms with Crippen molar-refractivity contribution in [3.05, 3.63) is 10.9 Å². The smallest absolute Gasteiger partial charge is 0.357 e. The third-order valence-corrected chi connectivity index (χ3v) is 5.38. The molecule has 1 aliphatic rings. The lowest BCUT2D eigenvalue weighted by molar-refractivity contribution is -0.126. The van der Waals surface area contributed by atoms with E-state index < -0.39 is 12.6 Å². The molecule has 0 bridgehead atoms. The van der Waals surface area contributed by atoms with Crippen molar-refractivity contribution >= 4 is 33.3 Å². The fourth-order valence-corrected chi connectivity index (χ4v) is 4.19. The quantitative estimate of drug-likeness (QED) is 0.878. The van der Waals surface area contributed by atoms with Crippen LogP contribution >= 0.6 is 11.3 Å². The van der Waals surface area contributed by atoms with Crippen molar-refractivity contribution in [1.82, 2.24) is 9.97 Å². The summed E-state index contributed by atoms with van der Waals surface area (Å²) in [5.41, 5.74) is 5.99. The molecular weight excluding hydrogens is 339 g/mol. The van der Waals surface area contributed by atoms with Gasteiger partial charge in [-0.1, -0.05) is 0 Å². The lowest BCUT2D eigenvalue weighted by Gasteiger charge is -2.26. The lowest BCUT2D eigenvalue weighted by Crippen LogP contribution is -2.31. The highest BCUT2D eigenvalue weighted by Crippen LogP contribution is 2.36. The molecule has 3 N–H and O–H groups in total. The maximum absolute atomic E-state index is 12.7. The zero-order valence-corrected chi connectivity index (χ0v) is 14.3. The fourth-order valence-electron chi connectivity index (χ4n) is 3.14. The molecule has 0 aliphatic heterocycles. The fraction of sp³-hybridized carbons (Fsp3) is 0.600. The second kappa shape index (κ2) is 6.36. The van der Waals surface area contributed by atoms with Gasteiger partial charge in [-0.05, 0) is 25.3 Å². The van der Waals surface area contributed by atoms with E-state index in [4.69, 9.17) is 5.73 Å². The van der Waals surface area contributed by atoms with Gasteiger partial charge in [0.1, 0.15) is 10.6 Å². The van der Waals surface area contributed by atoms with Crippen LogP contribution < -0.4 is 16.0 Å². The van der Waals surface area contributed by atoms with E-state index in [0.717, 1.165) is 30.6 Å². The molecule has 2 aromatic rings. The van der Waals surface area contributed by atoms with Crippen LogP contribution in [0, 0.1) is 0 Å². The van der Waals surface area contributed by atoms with E-state index in [9.17, 15) is 13.2 Å². The first-order chi connectivity index (χ1) is 11.3. The number of hydrogen-bond donors (Lipinski definition) is 2. The van der Waals surface area contributed by atoms with Gasteiger partial charge >= 0.3 is 6.18 Å². The minimum absolute atomic E-state index is 0.168. The monoisotopic (exact) mass is 359 g/mol. The average Bonchev–Trinajstić information content (AvgIpc) is 3.09. The van der Waals surface area contributed by atoms with Crippen LogP contribution in [-0.2, 0) is 6.42 Å². The van der Waals surface area contributed by atoms with Crippen LogP contribution in [0.3, 0.4) is 0 Å². The van der Waals surface area contributed by atoms with Crippen molar-refractivity contribution < 1.29 is 13.2 Å². The Morgan fingerprint density at radius 1 is 1.38 bits per heavy atom. The van der Waals surface area contributed by atoms with Crippen molar-refractivity contribution in [2.75, 3.05) is 24.3 Å². The predicted molar refractivity (Wildman–Crippen MR) is 90.7 cm³/mol. The van der Waals surface area contributed by atoms with Gasteiger partial charge in [-0.3, -0.25) is 0 Å². The molecule has 0 amide bonds. The van der Waals surface area contributed by atoms with Crippen molar-refractivity contribution in [2.24, 2.45) is 5.73 Å². The summed E-state index contributed by atoms with van der Waals surface area (Å²) in [6.07, 6.45) is -2.41. The van der Waals surface area contributed by atoms with Crippen molar-refractivity contribution in [1.29, 1.82) is 0 Å². The highest BCUT2D eigenvalue weighted by atomic mass is 32.1. The third kappa shape index (κ3) is 3.56. The Kier molecular flexibility index (Phi) is 4.56. The molecule has 2 atom stereocenters. The molecule has 2 heterocycles. The number of halogens is 3. The summed E-state index contributed by atoms with van der Waals surface area (Å²) in [6.45, 7) is 0. The number of alkyl halides is 3. The summed E-state index contributed by atoms with van der Waals surface area (Å²) in [5.74, 6) is 1.07. The van der Waals surface area contributed by atoms with Crippen LogP contribution in [0.25, 0.3) is 10.2 Å². The van der Waals surface area contributed by atoms with Crippen LogP contribution in [0.2, 0.25) is 0 Å². The second-order valence-electron chi connectivity index (χ2n) is 6.18. The molecular formula is C15H20F3N5S. The maximum atomic E-state index is 12.7. The molecule has 0 radical (unpaired) electrons. The molecule has 24 heavy (non-hydrogen) atoms. The van der Waals surface area contributed by atoms with Gasteiger partial charge in [0.2, 0.25) is 5.95 Å². The molecule has 0 aromatic carbocycles.